The molecular formula is C13H27NO4. The van der Waals surface area contributed by atoms with Crippen molar-refractivity contribution in [2.24, 2.45) is 5.92 Å². The summed E-state index contributed by atoms with van der Waals surface area (Å²) in [5.41, 5.74) is -1.34. The number of rotatable bonds is 5. The molecule has 0 saturated carbocycles. The van der Waals surface area contributed by atoms with Crippen LogP contribution in [0.2, 0.25) is 0 Å². The topological polar surface area (TPSA) is 84.2 Å². The number of β-amino-alcohol motifs (C(OH)–C–C–N with tert-alkyl or cyclic N) is 1. The van der Waals surface area contributed by atoms with Crippen LogP contribution in [0.15, 0.2) is 0 Å². The molecule has 0 radical (unpaired) electrons. The lowest BCUT2D eigenvalue weighted by Gasteiger charge is -2.48. The summed E-state index contributed by atoms with van der Waals surface area (Å²) in [4.78, 5) is 1.90. The Morgan fingerprint density at radius 2 is 1.83 bits per heavy atom. The Morgan fingerprint density at radius 1 is 1.28 bits per heavy atom. The van der Waals surface area contributed by atoms with E-state index in [9.17, 15) is 20.4 Å². The van der Waals surface area contributed by atoms with Gasteiger partial charge in [0.15, 0.2) is 0 Å². The number of hydrogen-bond acceptors (Lipinski definition) is 5. The minimum Gasteiger partial charge on any atom is -0.395 e. The highest BCUT2D eigenvalue weighted by molar-refractivity contribution is 5.01. The molecule has 0 aromatic heterocycles. The van der Waals surface area contributed by atoms with E-state index in [0.717, 1.165) is 19.4 Å². The predicted molar refractivity (Wildman–Crippen MR) is 69.2 cm³/mol. The van der Waals surface area contributed by atoms with Gasteiger partial charge in [-0.25, -0.2) is 0 Å². The Labute approximate surface area is 109 Å². The molecule has 0 aromatic carbocycles. The summed E-state index contributed by atoms with van der Waals surface area (Å²) in [6.45, 7) is 6.51. The molecular weight excluding hydrogens is 234 g/mol. The van der Waals surface area contributed by atoms with E-state index in [4.69, 9.17) is 0 Å². The third-order valence-electron chi connectivity index (χ3n) is 4.18. The molecule has 0 spiro atoms. The molecule has 18 heavy (non-hydrogen) atoms. The number of hydrogen-bond donors (Lipinski definition) is 4. The monoisotopic (exact) mass is 261 g/mol. The smallest absolute Gasteiger partial charge is 0.111 e. The first-order chi connectivity index (χ1) is 8.37. The first-order valence-electron chi connectivity index (χ1n) is 6.80. The molecule has 1 saturated heterocycles. The van der Waals surface area contributed by atoms with Crippen molar-refractivity contribution in [3.63, 3.8) is 0 Å². The predicted octanol–water partition coefficient (Wildman–Crippen LogP) is -0.428. The van der Waals surface area contributed by atoms with Crippen molar-refractivity contribution < 1.29 is 20.4 Å². The van der Waals surface area contributed by atoms with Crippen molar-refractivity contribution in [2.45, 2.75) is 57.5 Å². The maximum absolute atomic E-state index is 10.1. The van der Waals surface area contributed by atoms with Gasteiger partial charge in [-0.15, -0.1) is 0 Å². The zero-order chi connectivity index (χ0) is 13.9. The molecule has 5 nitrogen and oxygen atoms in total. The van der Waals surface area contributed by atoms with Crippen LogP contribution in [0.3, 0.4) is 0 Å². The van der Waals surface area contributed by atoms with Gasteiger partial charge < -0.3 is 20.4 Å². The van der Waals surface area contributed by atoms with Gasteiger partial charge in [0.25, 0.3) is 0 Å². The Balaban J connectivity index is 2.81. The first-order valence-corrected chi connectivity index (χ1v) is 6.80. The lowest BCUT2D eigenvalue weighted by atomic mass is 9.84. The summed E-state index contributed by atoms with van der Waals surface area (Å²) < 4.78 is 0. The Hall–Kier alpha value is -0.200. The maximum atomic E-state index is 10.1. The third kappa shape index (κ3) is 3.22. The lowest BCUT2D eigenvalue weighted by Crippen LogP contribution is -2.67. The number of piperidine rings is 1. The Morgan fingerprint density at radius 3 is 2.28 bits per heavy atom. The first kappa shape index (κ1) is 15.9. The molecule has 1 heterocycles. The van der Waals surface area contributed by atoms with Gasteiger partial charge in [0.05, 0.1) is 12.6 Å². The van der Waals surface area contributed by atoms with E-state index >= 15 is 0 Å². The molecule has 0 bridgehead atoms. The minimum absolute atomic E-state index is 0.214. The van der Waals surface area contributed by atoms with Gasteiger partial charge in [0, 0.05) is 13.1 Å². The van der Waals surface area contributed by atoms with Crippen molar-refractivity contribution in [1.29, 1.82) is 0 Å². The van der Waals surface area contributed by atoms with E-state index in [1.165, 1.54) is 6.92 Å². The molecule has 0 aliphatic carbocycles. The van der Waals surface area contributed by atoms with Crippen molar-refractivity contribution in [1.82, 2.24) is 4.90 Å². The largest absolute Gasteiger partial charge is 0.395 e. The van der Waals surface area contributed by atoms with Crippen LogP contribution in [0.4, 0.5) is 0 Å². The lowest BCUT2D eigenvalue weighted by molar-refractivity contribution is -0.190. The van der Waals surface area contributed by atoms with Gasteiger partial charge in [-0.3, -0.25) is 4.90 Å². The number of aliphatic hydroxyl groups is 4. The van der Waals surface area contributed by atoms with Gasteiger partial charge in [0.2, 0.25) is 0 Å². The van der Waals surface area contributed by atoms with Gasteiger partial charge in [-0.1, -0.05) is 26.7 Å². The fourth-order valence-electron chi connectivity index (χ4n) is 2.72. The van der Waals surface area contributed by atoms with E-state index in [1.807, 2.05) is 4.90 Å². The fourth-order valence-corrected chi connectivity index (χ4v) is 2.72. The second-order valence-electron chi connectivity index (χ2n) is 5.65. The highest BCUT2D eigenvalue weighted by atomic mass is 16.4. The summed E-state index contributed by atoms with van der Waals surface area (Å²) in [7, 11) is 0. The van der Waals surface area contributed by atoms with Crippen LogP contribution in [0.5, 0.6) is 0 Å². The molecule has 1 rings (SSSR count). The van der Waals surface area contributed by atoms with E-state index in [-0.39, 0.29) is 13.2 Å². The number of likely N-dealkylation sites (tertiary alicyclic amines) is 1. The normalized spacial score (nSPS) is 38.3. The van der Waals surface area contributed by atoms with Crippen LogP contribution in [0.25, 0.3) is 0 Å². The average Bonchev–Trinajstić information content (AvgIpc) is 2.33. The standard InChI is InChI=1S/C13H27NO4/c1-4-9(5-2)6-14-8-13(3,18)12(17)11(16)10(14)7-15/h9-12,15-18H,4-8H2,1-3H3. The van der Waals surface area contributed by atoms with Crippen LogP contribution >= 0.6 is 0 Å². The van der Waals surface area contributed by atoms with Crippen LogP contribution in [0, 0.1) is 5.92 Å². The highest BCUT2D eigenvalue weighted by Gasteiger charge is 2.47. The summed E-state index contributed by atoms with van der Waals surface area (Å²) in [5, 5.41) is 39.3. The van der Waals surface area contributed by atoms with E-state index in [2.05, 4.69) is 13.8 Å². The van der Waals surface area contributed by atoms with Crippen molar-refractivity contribution in [3.05, 3.63) is 0 Å². The highest BCUT2D eigenvalue weighted by Crippen LogP contribution is 2.27. The Bertz CT molecular complexity index is 255. The van der Waals surface area contributed by atoms with Gasteiger partial charge >= 0.3 is 0 Å². The van der Waals surface area contributed by atoms with Crippen LogP contribution in [0.1, 0.15) is 33.6 Å². The third-order valence-corrected chi connectivity index (χ3v) is 4.18. The quantitative estimate of drug-likeness (QED) is 0.540. The molecule has 0 amide bonds. The molecule has 0 aromatic rings. The molecule has 4 N–H and O–H groups in total. The summed E-state index contributed by atoms with van der Waals surface area (Å²) >= 11 is 0. The maximum Gasteiger partial charge on any atom is 0.111 e. The molecule has 108 valence electrons. The number of nitrogens with zero attached hydrogens (tertiary/aromatic N) is 1. The second kappa shape index (κ2) is 6.30. The van der Waals surface area contributed by atoms with Crippen molar-refractivity contribution in [3.8, 4) is 0 Å². The zero-order valence-corrected chi connectivity index (χ0v) is 11.6. The molecule has 1 fully saturated rings. The van der Waals surface area contributed by atoms with E-state index < -0.39 is 23.9 Å². The van der Waals surface area contributed by atoms with Gasteiger partial charge in [0.1, 0.15) is 17.8 Å². The summed E-state index contributed by atoms with van der Waals surface area (Å²) in [5.74, 6) is 0.470. The van der Waals surface area contributed by atoms with Crippen molar-refractivity contribution in [2.75, 3.05) is 19.7 Å². The summed E-state index contributed by atoms with van der Waals surface area (Å²) in [6, 6.07) is -0.499. The fraction of sp³-hybridized carbons (Fsp3) is 1.00. The average molecular weight is 261 g/mol. The van der Waals surface area contributed by atoms with E-state index in [1.54, 1.807) is 0 Å². The van der Waals surface area contributed by atoms with Crippen LogP contribution in [-0.4, -0.2) is 68.9 Å². The molecule has 1 aliphatic rings. The Kier molecular flexibility index (Phi) is 5.55. The molecule has 4 unspecified atom stereocenters. The van der Waals surface area contributed by atoms with Crippen molar-refractivity contribution >= 4 is 0 Å². The zero-order valence-electron chi connectivity index (χ0n) is 11.6. The number of aliphatic hydroxyl groups excluding tert-OH is 3. The van der Waals surface area contributed by atoms with Gasteiger partial charge in [-0.2, -0.15) is 0 Å². The molecule has 1 aliphatic heterocycles. The van der Waals surface area contributed by atoms with E-state index in [0.29, 0.717) is 5.92 Å². The molecule has 5 heteroatoms. The SMILES string of the molecule is CCC(CC)CN1CC(C)(O)C(O)C(O)C1CO. The summed E-state index contributed by atoms with van der Waals surface area (Å²) in [6.07, 6.45) is -0.293. The minimum atomic E-state index is -1.34. The molecule has 4 atom stereocenters. The van der Waals surface area contributed by atoms with Crippen LogP contribution < -0.4 is 0 Å². The van der Waals surface area contributed by atoms with Gasteiger partial charge in [-0.05, 0) is 12.8 Å². The van der Waals surface area contributed by atoms with Crippen LogP contribution in [-0.2, 0) is 0 Å². The second-order valence-corrected chi connectivity index (χ2v) is 5.65.